The van der Waals surface area contributed by atoms with Crippen molar-refractivity contribution in [1.29, 1.82) is 0 Å². The number of rotatable bonds is 1. The van der Waals surface area contributed by atoms with E-state index in [-0.39, 0.29) is 5.75 Å². The van der Waals surface area contributed by atoms with Crippen LogP contribution >= 0.6 is 0 Å². The van der Waals surface area contributed by atoms with Gasteiger partial charge in [0.25, 0.3) is 0 Å². The molecule has 2 heteroatoms. The van der Waals surface area contributed by atoms with Crippen LogP contribution in [0.4, 0.5) is 0 Å². The molecule has 4 atom stereocenters. The van der Waals surface area contributed by atoms with Crippen LogP contribution in [0.1, 0.15) is 49.7 Å². The number of methoxy groups -OCH3 is 1. The summed E-state index contributed by atoms with van der Waals surface area (Å²) in [5, 5.41) is 10.0. The third-order valence-electron chi connectivity index (χ3n) is 6.35. The fraction of sp³-hybridized carbons (Fsp3) is 0.579. The first kappa shape index (κ1) is 13.2. The smallest absolute Gasteiger partial charge is 0.160 e. The molecule has 3 unspecified atom stereocenters. The summed E-state index contributed by atoms with van der Waals surface area (Å²) in [6.07, 6.45) is 11.1. The molecule has 0 spiro atoms. The number of benzene rings is 1. The largest absolute Gasteiger partial charge is 0.504 e. The summed E-state index contributed by atoms with van der Waals surface area (Å²) in [5.41, 5.74) is 3.21. The fourth-order valence-electron chi connectivity index (χ4n) is 5.23. The van der Waals surface area contributed by atoms with Crippen LogP contribution in [-0.2, 0) is 6.42 Å². The average Bonchev–Trinajstić information content (AvgIpc) is 2.88. The molecular weight excluding hydrogens is 260 g/mol. The maximum atomic E-state index is 10.0. The van der Waals surface area contributed by atoms with E-state index in [2.05, 4.69) is 25.1 Å². The molecule has 1 N–H and O–H groups in total. The van der Waals surface area contributed by atoms with Crippen LogP contribution in [0.15, 0.2) is 24.3 Å². The SMILES string of the molecule is COc1cc2c(cc1O)CCC1C2CC[C@]2(C)C=CCC12. The number of phenolic OH excluding ortho intramolecular Hbond substituents is 1. The second-order valence-electron chi connectivity index (χ2n) is 7.32. The Morgan fingerprint density at radius 2 is 2.14 bits per heavy atom. The zero-order chi connectivity index (χ0) is 14.6. The van der Waals surface area contributed by atoms with Gasteiger partial charge in [-0.15, -0.1) is 0 Å². The molecule has 0 aliphatic heterocycles. The molecule has 112 valence electrons. The quantitative estimate of drug-likeness (QED) is 0.773. The van der Waals surface area contributed by atoms with Gasteiger partial charge in [0.15, 0.2) is 11.5 Å². The highest BCUT2D eigenvalue weighted by molar-refractivity contribution is 5.49. The Bertz CT molecular complexity index is 604. The Morgan fingerprint density at radius 3 is 2.95 bits per heavy atom. The zero-order valence-corrected chi connectivity index (χ0v) is 12.9. The van der Waals surface area contributed by atoms with E-state index in [1.165, 1.54) is 36.8 Å². The van der Waals surface area contributed by atoms with Crippen molar-refractivity contribution in [2.24, 2.45) is 17.3 Å². The summed E-state index contributed by atoms with van der Waals surface area (Å²) in [6.45, 7) is 2.45. The second-order valence-corrected chi connectivity index (χ2v) is 7.32. The van der Waals surface area contributed by atoms with Gasteiger partial charge in [0.1, 0.15) is 0 Å². The van der Waals surface area contributed by atoms with Crippen LogP contribution < -0.4 is 4.74 Å². The molecule has 4 rings (SSSR count). The van der Waals surface area contributed by atoms with Gasteiger partial charge < -0.3 is 9.84 Å². The molecule has 0 amide bonds. The Morgan fingerprint density at radius 1 is 1.29 bits per heavy atom. The van der Waals surface area contributed by atoms with E-state index < -0.39 is 0 Å². The molecule has 0 saturated heterocycles. The van der Waals surface area contributed by atoms with Gasteiger partial charge in [-0.3, -0.25) is 0 Å². The van der Waals surface area contributed by atoms with Gasteiger partial charge in [-0.25, -0.2) is 0 Å². The van der Waals surface area contributed by atoms with Crippen molar-refractivity contribution >= 4 is 0 Å². The first-order valence-electron chi connectivity index (χ1n) is 8.20. The maximum Gasteiger partial charge on any atom is 0.160 e. The van der Waals surface area contributed by atoms with Crippen molar-refractivity contribution in [3.8, 4) is 11.5 Å². The van der Waals surface area contributed by atoms with E-state index in [4.69, 9.17) is 4.74 Å². The summed E-state index contributed by atoms with van der Waals surface area (Å²) in [4.78, 5) is 0. The van der Waals surface area contributed by atoms with Gasteiger partial charge in [-0.1, -0.05) is 19.1 Å². The van der Waals surface area contributed by atoms with Crippen molar-refractivity contribution in [1.82, 2.24) is 0 Å². The molecule has 21 heavy (non-hydrogen) atoms. The van der Waals surface area contributed by atoms with Gasteiger partial charge in [0, 0.05) is 0 Å². The predicted molar refractivity (Wildman–Crippen MR) is 83.8 cm³/mol. The van der Waals surface area contributed by atoms with Gasteiger partial charge in [-0.05, 0) is 78.5 Å². The number of aryl methyl sites for hydroxylation is 1. The Hall–Kier alpha value is -1.44. The van der Waals surface area contributed by atoms with E-state index in [9.17, 15) is 5.11 Å². The van der Waals surface area contributed by atoms with Crippen LogP contribution in [0.25, 0.3) is 0 Å². The molecular formula is C19H24O2. The summed E-state index contributed by atoms with van der Waals surface area (Å²) in [7, 11) is 1.64. The summed E-state index contributed by atoms with van der Waals surface area (Å²) < 4.78 is 5.33. The Kier molecular flexibility index (Phi) is 2.85. The fourth-order valence-corrected chi connectivity index (χ4v) is 5.23. The molecule has 0 heterocycles. The molecule has 0 bridgehead atoms. The van der Waals surface area contributed by atoms with E-state index in [1.807, 2.05) is 6.07 Å². The summed E-state index contributed by atoms with van der Waals surface area (Å²) >= 11 is 0. The molecule has 0 radical (unpaired) electrons. The minimum atomic E-state index is 0.290. The van der Waals surface area contributed by atoms with E-state index in [0.29, 0.717) is 17.1 Å². The molecule has 0 aromatic heterocycles. The number of aromatic hydroxyl groups is 1. The van der Waals surface area contributed by atoms with Crippen molar-refractivity contribution in [2.45, 2.75) is 44.9 Å². The standard InChI is InChI=1S/C19H24O2/c1-19-8-3-4-16(19)14-6-5-12-10-17(20)18(21-2)11-15(12)13(14)7-9-19/h3,8,10-11,13-14,16,20H,4-7,9H2,1-2H3/t13?,14?,16?,19-/m0/s1. The van der Waals surface area contributed by atoms with Crippen LogP contribution in [-0.4, -0.2) is 12.2 Å². The molecule has 1 aromatic carbocycles. The number of phenols is 1. The lowest BCUT2D eigenvalue weighted by Gasteiger charge is -2.49. The van der Waals surface area contributed by atoms with Crippen molar-refractivity contribution in [2.75, 3.05) is 7.11 Å². The van der Waals surface area contributed by atoms with E-state index in [1.54, 1.807) is 7.11 Å². The maximum absolute atomic E-state index is 10.0. The van der Waals surface area contributed by atoms with Gasteiger partial charge >= 0.3 is 0 Å². The number of ether oxygens (including phenoxy) is 1. The van der Waals surface area contributed by atoms with Crippen LogP contribution in [0.2, 0.25) is 0 Å². The molecule has 3 aliphatic rings. The predicted octanol–water partition coefficient (Wildman–Crippen LogP) is 4.42. The topological polar surface area (TPSA) is 29.5 Å². The van der Waals surface area contributed by atoms with E-state index >= 15 is 0 Å². The zero-order valence-electron chi connectivity index (χ0n) is 12.9. The van der Waals surface area contributed by atoms with E-state index in [0.717, 1.165) is 18.3 Å². The average molecular weight is 284 g/mol. The highest BCUT2D eigenvalue weighted by atomic mass is 16.5. The van der Waals surface area contributed by atoms with Crippen molar-refractivity contribution in [3.63, 3.8) is 0 Å². The second kappa shape index (κ2) is 4.53. The Balaban J connectivity index is 1.74. The Labute approximate surface area is 126 Å². The lowest BCUT2D eigenvalue weighted by molar-refractivity contribution is 0.0824. The molecule has 1 aromatic rings. The van der Waals surface area contributed by atoms with Crippen molar-refractivity contribution in [3.05, 3.63) is 35.4 Å². The minimum Gasteiger partial charge on any atom is -0.504 e. The molecule has 1 fully saturated rings. The minimum absolute atomic E-state index is 0.290. The lowest BCUT2D eigenvalue weighted by Crippen LogP contribution is -2.39. The lowest BCUT2D eigenvalue weighted by atomic mass is 9.56. The highest BCUT2D eigenvalue weighted by Crippen LogP contribution is 2.59. The van der Waals surface area contributed by atoms with Gasteiger partial charge in [0.2, 0.25) is 0 Å². The van der Waals surface area contributed by atoms with Gasteiger partial charge in [0.05, 0.1) is 7.11 Å². The third-order valence-corrected chi connectivity index (χ3v) is 6.35. The molecule has 3 aliphatic carbocycles. The summed E-state index contributed by atoms with van der Waals surface area (Å²) in [5.74, 6) is 3.18. The van der Waals surface area contributed by atoms with Crippen LogP contribution in [0.5, 0.6) is 11.5 Å². The van der Waals surface area contributed by atoms with Gasteiger partial charge in [-0.2, -0.15) is 0 Å². The molecule has 2 nitrogen and oxygen atoms in total. The first-order chi connectivity index (χ1) is 10.1. The number of fused-ring (bicyclic) bond motifs is 5. The third kappa shape index (κ3) is 1.84. The van der Waals surface area contributed by atoms with Crippen LogP contribution in [0, 0.1) is 17.3 Å². The highest BCUT2D eigenvalue weighted by Gasteiger charge is 2.48. The van der Waals surface area contributed by atoms with Crippen molar-refractivity contribution < 1.29 is 9.84 Å². The first-order valence-corrected chi connectivity index (χ1v) is 8.20. The molecule has 1 saturated carbocycles. The number of allylic oxidation sites excluding steroid dienone is 2. The number of hydrogen-bond donors (Lipinski definition) is 1. The number of hydrogen-bond acceptors (Lipinski definition) is 2. The normalized spacial score (nSPS) is 36.8. The van der Waals surface area contributed by atoms with Crippen LogP contribution in [0.3, 0.4) is 0 Å². The summed E-state index contributed by atoms with van der Waals surface area (Å²) in [6, 6.07) is 4.04. The monoisotopic (exact) mass is 284 g/mol.